The zero-order chi connectivity index (χ0) is 18.0. The molecular formula is C20H21N3O2. The molecule has 0 bridgehead atoms. The second-order valence-electron chi connectivity index (χ2n) is 6.35. The fourth-order valence-electron chi connectivity index (χ4n) is 2.53. The number of benzene rings is 2. The second kappa shape index (κ2) is 6.89. The summed E-state index contributed by atoms with van der Waals surface area (Å²) in [5.41, 5.74) is 6.51. The maximum atomic E-state index is 12.2. The van der Waals surface area contributed by atoms with Crippen LogP contribution in [0.5, 0.6) is 0 Å². The first kappa shape index (κ1) is 16.9. The molecule has 25 heavy (non-hydrogen) atoms. The molecule has 2 aromatic carbocycles. The zero-order valence-electron chi connectivity index (χ0n) is 14.9. The van der Waals surface area contributed by atoms with Crippen LogP contribution in [0.15, 0.2) is 40.8 Å². The highest BCUT2D eigenvalue weighted by atomic mass is 16.4. The number of aryl methyl sites for hydroxylation is 4. The van der Waals surface area contributed by atoms with Crippen molar-refractivity contribution in [3.63, 3.8) is 0 Å². The van der Waals surface area contributed by atoms with Gasteiger partial charge in [0.2, 0.25) is 11.8 Å². The Kier molecular flexibility index (Phi) is 4.65. The van der Waals surface area contributed by atoms with Gasteiger partial charge in [-0.3, -0.25) is 10.1 Å². The van der Waals surface area contributed by atoms with Gasteiger partial charge >= 0.3 is 6.01 Å². The average Bonchev–Trinajstić information content (AvgIpc) is 3.02. The van der Waals surface area contributed by atoms with E-state index in [-0.39, 0.29) is 18.3 Å². The molecule has 3 aromatic rings. The molecule has 1 amide bonds. The SMILES string of the molecule is Cc1ccc(CC(=O)Nc2nnc(-c3ccc(C)c(C)c3)o2)cc1C. The minimum Gasteiger partial charge on any atom is -0.403 e. The highest BCUT2D eigenvalue weighted by Gasteiger charge is 2.12. The number of rotatable bonds is 4. The van der Waals surface area contributed by atoms with Crippen molar-refractivity contribution in [3.05, 3.63) is 64.2 Å². The lowest BCUT2D eigenvalue weighted by molar-refractivity contribution is -0.115. The van der Waals surface area contributed by atoms with Gasteiger partial charge in [0.05, 0.1) is 6.42 Å². The molecule has 0 fully saturated rings. The first-order valence-electron chi connectivity index (χ1n) is 8.19. The number of nitrogens with zero attached hydrogens (tertiary/aromatic N) is 2. The number of aromatic nitrogens is 2. The number of hydrogen-bond donors (Lipinski definition) is 1. The fraction of sp³-hybridized carbons (Fsp3) is 0.250. The Morgan fingerprint density at radius 2 is 1.60 bits per heavy atom. The molecule has 0 unspecified atom stereocenters. The van der Waals surface area contributed by atoms with E-state index < -0.39 is 0 Å². The number of carbonyl (C=O) groups is 1. The van der Waals surface area contributed by atoms with Crippen LogP contribution in [0.2, 0.25) is 0 Å². The third-order valence-electron chi connectivity index (χ3n) is 4.36. The van der Waals surface area contributed by atoms with Crippen molar-refractivity contribution < 1.29 is 9.21 Å². The van der Waals surface area contributed by atoms with Crippen LogP contribution in [0.1, 0.15) is 27.8 Å². The van der Waals surface area contributed by atoms with Crippen LogP contribution >= 0.6 is 0 Å². The zero-order valence-corrected chi connectivity index (χ0v) is 14.9. The van der Waals surface area contributed by atoms with Crippen LogP contribution < -0.4 is 5.32 Å². The minimum atomic E-state index is -0.182. The standard InChI is InChI=1S/C20H21N3O2/c1-12-5-7-16(9-14(12)3)11-18(24)21-20-23-22-19(25-20)17-8-6-13(2)15(4)10-17/h5-10H,11H2,1-4H3,(H,21,23,24). The number of nitrogens with one attached hydrogen (secondary N) is 1. The van der Waals surface area contributed by atoms with Gasteiger partial charge in [0.25, 0.3) is 0 Å². The van der Waals surface area contributed by atoms with Gasteiger partial charge in [-0.25, -0.2) is 0 Å². The summed E-state index contributed by atoms with van der Waals surface area (Å²) >= 11 is 0. The van der Waals surface area contributed by atoms with Crippen LogP contribution in [0.25, 0.3) is 11.5 Å². The van der Waals surface area contributed by atoms with Gasteiger partial charge in [0.1, 0.15) is 0 Å². The Hall–Kier alpha value is -2.95. The molecule has 1 heterocycles. The molecule has 0 aliphatic rings. The molecule has 0 atom stereocenters. The lowest BCUT2D eigenvalue weighted by atomic mass is 10.0. The summed E-state index contributed by atoms with van der Waals surface area (Å²) in [6, 6.07) is 12.0. The smallest absolute Gasteiger partial charge is 0.322 e. The largest absolute Gasteiger partial charge is 0.403 e. The highest BCUT2D eigenvalue weighted by molar-refractivity contribution is 5.90. The van der Waals surface area contributed by atoms with E-state index in [9.17, 15) is 4.79 Å². The fourth-order valence-corrected chi connectivity index (χ4v) is 2.53. The van der Waals surface area contributed by atoms with Crippen molar-refractivity contribution in [1.29, 1.82) is 0 Å². The van der Waals surface area contributed by atoms with Crippen LogP contribution in [0, 0.1) is 27.7 Å². The van der Waals surface area contributed by atoms with Gasteiger partial charge in [-0.05, 0) is 67.6 Å². The number of amides is 1. The van der Waals surface area contributed by atoms with Gasteiger partial charge in [0, 0.05) is 5.56 Å². The monoisotopic (exact) mass is 335 g/mol. The first-order valence-corrected chi connectivity index (χ1v) is 8.19. The summed E-state index contributed by atoms with van der Waals surface area (Å²) in [5.74, 6) is 0.211. The molecule has 5 nitrogen and oxygen atoms in total. The van der Waals surface area contributed by atoms with E-state index in [2.05, 4.69) is 15.5 Å². The number of anilines is 1. The van der Waals surface area contributed by atoms with Crippen molar-refractivity contribution in [1.82, 2.24) is 10.2 Å². The lowest BCUT2D eigenvalue weighted by Crippen LogP contribution is -2.14. The summed E-state index contributed by atoms with van der Waals surface area (Å²) in [6.45, 7) is 8.16. The Balaban J connectivity index is 1.69. The maximum Gasteiger partial charge on any atom is 0.322 e. The molecule has 0 spiro atoms. The molecule has 128 valence electrons. The molecule has 1 N–H and O–H groups in total. The van der Waals surface area contributed by atoms with Gasteiger partial charge < -0.3 is 4.42 Å². The van der Waals surface area contributed by atoms with Gasteiger partial charge in [0.15, 0.2) is 0 Å². The van der Waals surface area contributed by atoms with E-state index in [1.54, 1.807) is 0 Å². The van der Waals surface area contributed by atoms with Crippen LogP contribution in [-0.2, 0) is 11.2 Å². The number of carbonyl (C=O) groups excluding carboxylic acids is 1. The molecular weight excluding hydrogens is 314 g/mol. The molecule has 3 rings (SSSR count). The van der Waals surface area contributed by atoms with E-state index in [1.165, 1.54) is 16.7 Å². The summed E-state index contributed by atoms with van der Waals surface area (Å²) in [5, 5.41) is 10.6. The summed E-state index contributed by atoms with van der Waals surface area (Å²) < 4.78 is 5.56. The highest BCUT2D eigenvalue weighted by Crippen LogP contribution is 2.22. The van der Waals surface area contributed by atoms with E-state index in [0.717, 1.165) is 16.7 Å². The van der Waals surface area contributed by atoms with Crippen molar-refractivity contribution in [3.8, 4) is 11.5 Å². The second-order valence-corrected chi connectivity index (χ2v) is 6.35. The third-order valence-corrected chi connectivity index (χ3v) is 4.36. The molecule has 0 saturated heterocycles. The van der Waals surface area contributed by atoms with Crippen molar-refractivity contribution in [2.24, 2.45) is 0 Å². The average molecular weight is 335 g/mol. The Morgan fingerprint density at radius 1 is 0.920 bits per heavy atom. The Bertz CT molecular complexity index is 928. The van der Waals surface area contributed by atoms with Gasteiger partial charge in [-0.2, -0.15) is 0 Å². The predicted octanol–water partition coefficient (Wildman–Crippen LogP) is 4.15. The lowest BCUT2D eigenvalue weighted by Gasteiger charge is -2.04. The van der Waals surface area contributed by atoms with E-state index in [1.807, 2.05) is 64.1 Å². The quantitative estimate of drug-likeness (QED) is 0.777. The topological polar surface area (TPSA) is 68.0 Å². The maximum absolute atomic E-state index is 12.2. The summed E-state index contributed by atoms with van der Waals surface area (Å²) in [7, 11) is 0. The Labute approximate surface area is 147 Å². The minimum absolute atomic E-state index is 0.113. The van der Waals surface area contributed by atoms with Crippen molar-refractivity contribution in [2.75, 3.05) is 5.32 Å². The van der Waals surface area contributed by atoms with Crippen LogP contribution in [0.4, 0.5) is 6.01 Å². The third kappa shape index (κ3) is 3.94. The van der Waals surface area contributed by atoms with Gasteiger partial charge in [-0.15, -0.1) is 5.10 Å². The molecule has 0 radical (unpaired) electrons. The van der Waals surface area contributed by atoms with E-state index in [4.69, 9.17) is 4.42 Å². The summed E-state index contributed by atoms with van der Waals surface area (Å²) in [6.07, 6.45) is 0.266. The normalized spacial score (nSPS) is 10.7. The summed E-state index contributed by atoms with van der Waals surface area (Å²) in [4.78, 5) is 12.2. The number of hydrogen-bond acceptors (Lipinski definition) is 4. The van der Waals surface area contributed by atoms with E-state index in [0.29, 0.717) is 5.89 Å². The molecule has 0 aliphatic carbocycles. The van der Waals surface area contributed by atoms with Crippen molar-refractivity contribution in [2.45, 2.75) is 34.1 Å². The first-order chi connectivity index (χ1) is 11.9. The van der Waals surface area contributed by atoms with Crippen LogP contribution in [0.3, 0.4) is 0 Å². The molecule has 0 saturated carbocycles. The van der Waals surface area contributed by atoms with Crippen molar-refractivity contribution >= 4 is 11.9 Å². The van der Waals surface area contributed by atoms with Gasteiger partial charge in [-0.1, -0.05) is 29.4 Å². The van der Waals surface area contributed by atoms with Crippen LogP contribution in [-0.4, -0.2) is 16.1 Å². The molecule has 1 aromatic heterocycles. The Morgan fingerprint density at radius 3 is 2.28 bits per heavy atom. The molecule has 0 aliphatic heterocycles. The predicted molar refractivity (Wildman–Crippen MR) is 97.5 cm³/mol. The molecule has 5 heteroatoms. The van der Waals surface area contributed by atoms with E-state index >= 15 is 0 Å².